The summed E-state index contributed by atoms with van der Waals surface area (Å²) in [5, 5.41) is 5.06. The van der Waals surface area contributed by atoms with Crippen LogP contribution in [0.3, 0.4) is 0 Å². The molecule has 0 aliphatic rings. The summed E-state index contributed by atoms with van der Waals surface area (Å²) in [4.78, 5) is 12.3. The van der Waals surface area contributed by atoms with Crippen molar-refractivity contribution in [2.75, 3.05) is 5.32 Å². The average molecular weight is 491 g/mol. The maximum Gasteiger partial charge on any atom is 0.416 e. The van der Waals surface area contributed by atoms with E-state index >= 15 is 0 Å². The molecular weight excluding hydrogens is 479 g/mol. The highest BCUT2D eigenvalue weighted by atomic mass is 79.9. The molecular formula is C16H11BrCl3F3N2O. The monoisotopic (exact) mass is 488 g/mol. The zero-order valence-electron chi connectivity index (χ0n) is 12.8. The largest absolute Gasteiger partial charge is 0.416 e. The summed E-state index contributed by atoms with van der Waals surface area (Å²) in [6, 6.07) is 10.7. The second-order valence-corrected chi connectivity index (χ2v) is 8.46. The summed E-state index contributed by atoms with van der Waals surface area (Å²) in [6.07, 6.45) is -5.79. The standard InChI is InChI=1S/C16H11BrCl3F3N2O/c17-11-6-4-9(5-7-11)13(26)25-14(15(18,19)20)24-12-3-1-2-10(8-12)16(21,22)23/h1-8,14,24H,(H,25,26). The maximum atomic E-state index is 12.8. The molecule has 1 atom stereocenters. The van der Waals surface area contributed by atoms with Gasteiger partial charge < -0.3 is 10.6 Å². The molecule has 0 aliphatic carbocycles. The van der Waals surface area contributed by atoms with Gasteiger partial charge in [-0.25, -0.2) is 0 Å². The van der Waals surface area contributed by atoms with Crippen molar-refractivity contribution in [2.45, 2.75) is 16.1 Å². The average Bonchev–Trinajstić information content (AvgIpc) is 2.53. The predicted octanol–water partition coefficient (Wildman–Crippen LogP) is 6.01. The van der Waals surface area contributed by atoms with Crippen molar-refractivity contribution in [1.82, 2.24) is 5.32 Å². The maximum absolute atomic E-state index is 12.8. The molecule has 1 amide bonds. The summed E-state index contributed by atoms with van der Waals surface area (Å²) in [6.45, 7) is 0. The van der Waals surface area contributed by atoms with Gasteiger partial charge in [0, 0.05) is 15.7 Å². The Balaban J connectivity index is 2.21. The lowest BCUT2D eigenvalue weighted by Gasteiger charge is -2.27. The summed E-state index contributed by atoms with van der Waals surface area (Å²) >= 11 is 20.8. The van der Waals surface area contributed by atoms with Crippen LogP contribution in [0.2, 0.25) is 0 Å². The van der Waals surface area contributed by atoms with Crippen LogP contribution in [0, 0.1) is 0 Å². The number of anilines is 1. The number of alkyl halides is 6. The van der Waals surface area contributed by atoms with Crippen LogP contribution >= 0.6 is 50.7 Å². The van der Waals surface area contributed by atoms with E-state index in [0.29, 0.717) is 5.56 Å². The molecule has 2 rings (SSSR count). The van der Waals surface area contributed by atoms with Crippen LogP contribution in [0.15, 0.2) is 53.0 Å². The molecule has 3 nitrogen and oxygen atoms in total. The Morgan fingerprint density at radius 1 is 1.04 bits per heavy atom. The van der Waals surface area contributed by atoms with Gasteiger partial charge in [0.05, 0.1) is 5.56 Å². The third kappa shape index (κ3) is 5.94. The molecule has 10 heteroatoms. The Labute approximate surface area is 170 Å². The Kier molecular flexibility index (Phi) is 6.71. The van der Waals surface area contributed by atoms with Crippen molar-refractivity contribution in [1.29, 1.82) is 0 Å². The van der Waals surface area contributed by atoms with Gasteiger partial charge >= 0.3 is 6.18 Å². The van der Waals surface area contributed by atoms with E-state index in [1.165, 1.54) is 12.1 Å². The molecule has 0 spiro atoms. The fraction of sp³-hybridized carbons (Fsp3) is 0.188. The highest BCUT2D eigenvalue weighted by Crippen LogP contribution is 2.34. The lowest BCUT2D eigenvalue weighted by molar-refractivity contribution is -0.137. The van der Waals surface area contributed by atoms with Crippen LogP contribution in [0.1, 0.15) is 15.9 Å². The van der Waals surface area contributed by atoms with Gasteiger partial charge in [-0.2, -0.15) is 13.2 Å². The summed E-state index contributed by atoms with van der Waals surface area (Å²) in [7, 11) is 0. The smallest absolute Gasteiger partial charge is 0.362 e. The number of hydrogen-bond acceptors (Lipinski definition) is 2. The number of benzene rings is 2. The van der Waals surface area contributed by atoms with E-state index in [1.54, 1.807) is 24.3 Å². The van der Waals surface area contributed by atoms with Crippen LogP contribution in [0.4, 0.5) is 18.9 Å². The van der Waals surface area contributed by atoms with Crippen LogP contribution in [0.25, 0.3) is 0 Å². The van der Waals surface area contributed by atoms with Crippen molar-refractivity contribution in [3.63, 3.8) is 0 Å². The number of nitrogens with one attached hydrogen (secondary N) is 2. The molecule has 2 aromatic carbocycles. The summed E-state index contributed by atoms with van der Waals surface area (Å²) in [5.74, 6) is -0.562. The zero-order chi connectivity index (χ0) is 19.5. The first-order valence-electron chi connectivity index (χ1n) is 7.04. The highest BCUT2D eigenvalue weighted by Gasteiger charge is 2.35. The molecule has 0 aliphatic heterocycles. The van der Waals surface area contributed by atoms with Gasteiger partial charge in [0.15, 0.2) is 0 Å². The van der Waals surface area contributed by atoms with Crippen LogP contribution in [-0.4, -0.2) is 15.9 Å². The molecule has 1 unspecified atom stereocenters. The molecule has 0 aromatic heterocycles. The first-order chi connectivity index (χ1) is 12.0. The zero-order valence-corrected chi connectivity index (χ0v) is 16.6. The lowest BCUT2D eigenvalue weighted by atomic mass is 10.2. The molecule has 140 valence electrons. The van der Waals surface area contributed by atoms with Crippen molar-refractivity contribution in [2.24, 2.45) is 0 Å². The molecule has 0 saturated heterocycles. The first-order valence-corrected chi connectivity index (χ1v) is 8.96. The molecule has 0 radical (unpaired) electrons. The van der Waals surface area contributed by atoms with Gasteiger partial charge in [-0.05, 0) is 42.5 Å². The summed E-state index contributed by atoms with van der Waals surface area (Å²) < 4.78 is 37.2. The SMILES string of the molecule is O=C(NC(Nc1cccc(C(F)(F)F)c1)C(Cl)(Cl)Cl)c1ccc(Br)cc1. The van der Waals surface area contributed by atoms with Gasteiger partial charge in [0.1, 0.15) is 6.17 Å². The third-order valence-corrected chi connectivity index (χ3v) is 4.39. The van der Waals surface area contributed by atoms with Crippen molar-refractivity contribution >= 4 is 62.3 Å². The Morgan fingerprint density at radius 2 is 1.65 bits per heavy atom. The number of carbonyl (C=O) groups excluding carboxylic acids is 1. The third-order valence-electron chi connectivity index (χ3n) is 3.21. The number of rotatable bonds is 4. The molecule has 0 heterocycles. The molecule has 26 heavy (non-hydrogen) atoms. The number of halogens is 7. The number of amides is 1. The van der Waals surface area contributed by atoms with Crippen LogP contribution in [-0.2, 0) is 6.18 Å². The highest BCUT2D eigenvalue weighted by molar-refractivity contribution is 9.10. The fourth-order valence-corrected chi connectivity index (χ4v) is 2.56. The van der Waals surface area contributed by atoms with E-state index in [9.17, 15) is 18.0 Å². The normalized spacial score (nSPS) is 13.2. The lowest BCUT2D eigenvalue weighted by Crippen LogP contribution is -2.49. The molecule has 0 bridgehead atoms. The van der Waals surface area contributed by atoms with E-state index < -0.39 is 27.6 Å². The van der Waals surface area contributed by atoms with E-state index in [-0.39, 0.29) is 5.69 Å². The van der Waals surface area contributed by atoms with E-state index in [0.717, 1.165) is 16.6 Å². The Hall–Kier alpha value is -1.15. The Morgan fingerprint density at radius 3 is 2.19 bits per heavy atom. The predicted molar refractivity (Wildman–Crippen MR) is 101 cm³/mol. The van der Waals surface area contributed by atoms with Crippen LogP contribution < -0.4 is 10.6 Å². The molecule has 0 fully saturated rings. The second-order valence-electron chi connectivity index (χ2n) is 5.18. The van der Waals surface area contributed by atoms with Crippen molar-refractivity contribution in [3.8, 4) is 0 Å². The second kappa shape index (κ2) is 8.25. The van der Waals surface area contributed by atoms with E-state index in [2.05, 4.69) is 26.6 Å². The van der Waals surface area contributed by atoms with Gasteiger partial charge in [0.2, 0.25) is 3.79 Å². The number of hydrogen-bond donors (Lipinski definition) is 2. The first kappa shape index (κ1) is 21.2. The fourth-order valence-electron chi connectivity index (χ4n) is 1.97. The molecule has 0 saturated carbocycles. The van der Waals surface area contributed by atoms with Gasteiger partial charge in [0.25, 0.3) is 5.91 Å². The van der Waals surface area contributed by atoms with Gasteiger partial charge in [-0.1, -0.05) is 56.8 Å². The molecule has 2 aromatic rings. The molecule has 2 N–H and O–H groups in total. The van der Waals surface area contributed by atoms with Gasteiger partial charge in [-0.15, -0.1) is 0 Å². The minimum atomic E-state index is -4.52. The minimum absolute atomic E-state index is 0.0345. The number of carbonyl (C=O) groups is 1. The Bertz CT molecular complexity index is 780. The van der Waals surface area contributed by atoms with Crippen molar-refractivity contribution < 1.29 is 18.0 Å². The quantitative estimate of drug-likeness (QED) is 0.407. The van der Waals surface area contributed by atoms with E-state index in [4.69, 9.17) is 34.8 Å². The van der Waals surface area contributed by atoms with E-state index in [1.807, 2.05) is 0 Å². The topological polar surface area (TPSA) is 41.1 Å². The van der Waals surface area contributed by atoms with Gasteiger partial charge in [-0.3, -0.25) is 4.79 Å². The summed E-state index contributed by atoms with van der Waals surface area (Å²) in [5.41, 5.74) is -0.546. The minimum Gasteiger partial charge on any atom is -0.362 e. The van der Waals surface area contributed by atoms with Crippen molar-refractivity contribution in [3.05, 3.63) is 64.1 Å². The van der Waals surface area contributed by atoms with Crippen LogP contribution in [0.5, 0.6) is 0 Å².